The maximum atomic E-state index is 3.61. The lowest BCUT2D eigenvalue weighted by molar-refractivity contribution is 0.694. The lowest BCUT2D eigenvalue weighted by Gasteiger charge is -2.27. The zero-order chi connectivity index (χ0) is 13.2. The number of anilines is 1. The zero-order valence-electron chi connectivity index (χ0n) is 11.7. The van der Waals surface area contributed by atoms with Crippen LogP contribution in [-0.4, -0.2) is 19.1 Å². The minimum absolute atomic E-state index is 0.808. The van der Waals surface area contributed by atoms with Crippen molar-refractivity contribution in [1.29, 1.82) is 0 Å². The molecule has 0 unspecified atom stereocenters. The molecule has 0 bridgehead atoms. The highest BCUT2D eigenvalue weighted by Gasteiger charge is 2.34. The second kappa shape index (κ2) is 5.84. The van der Waals surface area contributed by atoms with Crippen LogP contribution < -0.4 is 10.2 Å². The second-order valence-electron chi connectivity index (χ2n) is 5.88. The molecule has 0 amide bonds. The molecule has 0 spiro atoms. The number of benzene rings is 1. The first-order chi connectivity index (χ1) is 9.28. The van der Waals surface area contributed by atoms with Crippen molar-refractivity contribution in [3.63, 3.8) is 0 Å². The first-order valence-electron chi connectivity index (χ1n) is 7.53. The Labute approximate surface area is 124 Å². The number of nitrogens with zero attached hydrogens (tertiary/aromatic N) is 1. The molecule has 0 atom stereocenters. The molecule has 3 rings (SSSR count). The van der Waals surface area contributed by atoms with Gasteiger partial charge >= 0.3 is 0 Å². The van der Waals surface area contributed by atoms with Gasteiger partial charge in [-0.3, -0.25) is 0 Å². The SMILES string of the molecule is CCNCc1cc(Br)ccc1N(CC1CC1)C1CC1. The Balaban J connectivity index is 1.82. The van der Waals surface area contributed by atoms with Gasteiger partial charge in [-0.1, -0.05) is 22.9 Å². The predicted molar refractivity (Wildman–Crippen MR) is 84.6 cm³/mol. The number of rotatable bonds is 7. The number of hydrogen-bond acceptors (Lipinski definition) is 2. The molecule has 1 aromatic rings. The summed E-state index contributed by atoms with van der Waals surface area (Å²) in [6.07, 6.45) is 5.62. The maximum absolute atomic E-state index is 3.61. The zero-order valence-corrected chi connectivity index (χ0v) is 13.2. The summed E-state index contributed by atoms with van der Waals surface area (Å²) in [4.78, 5) is 2.68. The average Bonchev–Trinajstić information content (AvgIpc) is 3.27. The van der Waals surface area contributed by atoms with Gasteiger partial charge in [-0.15, -0.1) is 0 Å². The summed E-state index contributed by atoms with van der Waals surface area (Å²) in [5.41, 5.74) is 2.89. The summed E-state index contributed by atoms with van der Waals surface area (Å²) >= 11 is 3.61. The van der Waals surface area contributed by atoms with Gasteiger partial charge in [0.2, 0.25) is 0 Å². The highest BCUT2D eigenvalue weighted by Crippen LogP contribution is 2.39. The van der Waals surface area contributed by atoms with Crippen molar-refractivity contribution in [1.82, 2.24) is 5.32 Å². The van der Waals surface area contributed by atoms with Gasteiger partial charge in [-0.05, 0) is 61.9 Å². The predicted octanol–water partition coefficient (Wildman–Crippen LogP) is 3.94. The Hall–Kier alpha value is -0.540. The summed E-state index contributed by atoms with van der Waals surface area (Å²) in [5.74, 6) is 0.955. The minimum atomic E-state index is 0.808. The molecule has 2 nitrogen and oxygen atoms in total. The van der Waals surface area contributed by atoms with Gasteiger partial charge in [0, 0.05) is 29.3 Å². The van der Waals surface area contributed by atoms with Crippen molar-refractivity contribution in [3.8, 4) is 0 Å². The van der Waals surface area contributed by atoms with E-state index in [1.165, 1.54) is 48.0 Å². The quantitative estimate of drug-likeness (QED) is 0.818. The highest BCUT2D eigenvalue weighted by molar-refractivity contribution is 9.10. The van der Waals surface area contributed by atoms with E-state index >= 15 is 0 Å². The molecule has 3 heteroatoms. The summed E-state index contributed by atoms with van der Waals surface area (Å²) in [5, 5.41) is 3.47. The summed E-state index contributed by atoms with van der Waals surface area (Å²) < 4.78 is 1.19. The molecule has 19 heavy (non-hydrogen) atoms. The topological polar surface area (TPSA) is 15.3 Å². The standard InChI is InChI=1S/C16H23BrN2/c1-2-18-10-13-9-14(17)5-8-16(13)19(15-6-7-15)11-12-3-4-12/h5,8-9,12,15,18H,2-4,6-7,10-11H2,1H3. The third-order valence-corrected chi connectivity index (χ3v) is 4.55. The van der Waals surface area contributed by atoms with E-state index < -0.39 is 0 Å². The van der Waals surface area contributed by atoms with Crippen LogP contribution in [0.1, 0.15) is 38.2 Å². The smallest absolute Gasteiger partial charge is 0.0415 e. The highest BCUT2D eigenvalue weighted by atomic mass is 79.9. The second-order valence-corrected chi connectivity index (χ2v) is 6.80. The first-order valence-corrected chi connectivity index (χ1v) is 8.33. The van der Waals surface area contributed by atoms with Gasteiger partial charge in [0.1, 0.15) is 0 Å². The molecule has 0 aliphatic heterocycles. The lowest BCUT2D eigenvalue weighted by atomic mass is 10.1. The Morgan fingerprint density at radius 1 is 1.26 bits per heavy atom. The Kier molecular flexibility index (Phi) is 4.13. The van der Waals surface area contributed by atoms with Crippen molar-refractivity contribution in [3.05, 3.63) is 28.2 Å². The lowest BCUT2D eigenvalue weighted by Crippen LogP contribution is -2.29. The molecule has 2 aliphatic carbocycles. The van der Waals surface area contributed by atoms with Crippen LogP contribution in [0.15, 0.2) is 22.7 Å². The fraction of sp³-hybridized carbons (Fsp3) is 0.625. The minimum Gasteiger partial charge on any atom is -0.368 e. The van der Waals surface area contributed by atoms with Crippen LogP contribution in [0, 0.1) is 5.92 Å². The van der Waals surface area contributed by atoms with Crippen molar-refractivity contribution < 1.29 is 0 Å². The Morgan fingerprint density at radius 2 is 2.05 bits per heavy atom. The van der Waals surface area contributed by atoms with Crippen LogP contribution in [-0.2, 0) is 6.54 Å². The molecule has 2 fully saturated rings. The maximum Gasteiger partial charge on any atom is 0.0415 e. The van der Waals surface area contributed by atoms with Crippen LogP contribution in [0.3, 0.4) is 0 Å². The van der Waals surface area contributed by atoms with Gasteiger partial charge in [0.05, 0.1) is 0 Å². The molecule has 1 aromatic carbocycles. The summed E-state index contributed by atoms with van der Waals surface area (Å²) in [6, 6.07) is 7.58. The molecule has 0 heterocycles. The van der Waals surface area contributed by atoms with E-state index in [1.54, 1.807) is 0 Å². The van der Waals surface area contributed by atoms with Crippen LogP contribution in [0.2, 0.25) is 0 Å². The molecule has 1 N–H and O–H groups in total. The van der Waals surface area contributed by atoms with E-state index in [0.29, 0.717) is 0 Å². The number of hydrogen-bond donors (Lipinski definition) is 1. The van der Waals surface area contributed by atoms with Crippen LogP contribution in [0.4, 0.5) is 5.69 Å². The Morgan fingerprint density at radius 3 is 2.68 bits per heavy atom. The van der Waals surface area contributed by atoms with Gasteiger partial charge in [-0.25, -0.2) is 0 Å². The van der Waals surface area contributed by atoms with E-state index in [-0.39, 0.29) is 0 Å². The van der Waals surface area contributed by atoms with Crippen LogP contribution in [0.5, 0.6) is 0 Å². The molecule has 2 aliphatic rings. The largest absolute Gasteiger partial charge is 0.368 e. The first kappa shape index (κ1) is 13.4. The van der Waals surface area contributed by atoms with Crippen molar-refractivity contribution >= 4 is 21.6 Å². The number of halogens is 1. The van der Waals surface area contributed by atoms with Crippen molar-refractivity contribution in [2.75, 3.05) is 18.0 Å². The molecular formula is C16H23BrN2. The fourth-order valence-corrected chi connectivity index (χ4v) is 3.05. The molecular weight excluding hydrogens is 300 g/mol. The normalized spacial score (nSPS) is 18.6. The van der Waals surface area contributed by atoms with E-state index in [9.17, 15) is 0 Å². The van der Waals surface area contributed by atoms with Crippen LogP contribution in [0.25, 0.3) is 0 Å². The van der Waals surface area contributed by atoms with E-state index in [2.05, 4.69) is 51.3 Å². The number of nitrogens with one attached hydrogen (secondary N) is 1. The monoisotopic (exact) mass is 322 g/mol. The summed E-state index contributed by atoms with van der Waals surface area (Å²) in [7, 11) is 0. The third-order valence-electron chi connectivity index (χ3n) is 4.06. The molecule has 2 saturated carbocycles. The van der Waals surface area contributed by atoms with Crippen LogP contribution >= 0.6 is 15.9 Å². The van der Waals surface area contributed by atoms with E-state index in [1.807, 2.05) is 0 Å². The molecule has 104 valence electrons. The fourth-order valence-electron chi connectivity index (χ4n) is 2.64. The van der Waals surface area contributed by atoms with Gasteiger partial charge in [0.15, 0.2) is 0 Å². The van der Waals surface area contributed by atoms with Gasteiger partial charge in [-0.2, -0.15) is 0 Å². The molecule has 0 aromatic heterocycles. The van der Waals surface area contributed by atoms with Gasteiger partial charge < -0.3 is 10.2 Å². The van der Waals surface area contributed by atoms with Gasteiger partial charge in [0.25, 0.3) is 0 Å². The van der Waals surface area contributed by atoms with Crippen molar-refractivity contribution in [2.45, 2.75) is 45.2 Å². The summed E-state index contributed by atoms with van der Waals surface area (Å²) in [6.45, 7) is 5.43. The molecule has 0 saturated heterocycles. The van der Waals surface area contributed by atoms with E-state index in [0.717, 1.165) is 25.0 Å². The van der Waals surface area contributed by atoms with Crippen molar-refractivity contribution in [2.24, 2.45) is 5.92 Å². The Bertz CT molecular complexity index is 438. The average molecular weight is 323 g/mol. The molecule has 0 radical (unpaired) electrons. The third kappa shape index (κ3) is 3.51. The van der Waals surface area contributed by atoms with E-state index in [4.69, 9.17) is 0 Å².